The second-order valence-corrected chi connectivity index (χ2v) is 5.71. The van der Waals surface area contributed by atoms with Crippen LogP contribution < -0.4 is 5.32 Å². The van der Waals surface area contributed by atoms with E-state index in [-0.39, 0.29) is 6.10 Å². The molecular weight excluding hydrogens is 234 g/mol. The van der Waals surface area contributed by atoms with Gasteiger partial charge in [0.2, 0.25) is 0 Å². The maximum atomic E-state index is 9.87. The number of aliphatic hydroxyl groups excluding tert-OH is 1. The molecule has 2 N–H and O–H groups in total. The molecule has 1 unspecified atom stereocenters. The Morgan fingerprint density at radius 3 is 2.94 bits per heavy atom. The van der Waals surface area contributed by atoms with Crippen LogP contribution in [0.4, 0.5) is 0 Å². The van der Waals surface area contributed by atoms with Gasteiger partial charge in [-0.2, -0.15) is 0 Å². The van der Waals surface area contributed by atoms with E-state index < -0.39 is 0 Å². The summed E-state index contributed by atoms with van der Waals surface area (Å²) in [6, 6.07) is 0. The molecule has 1 saturated heterocycles. The molecule has 0 aliphatic carbocycles. The lowest BCUT2D eigenvalue weighted by molar-refractivity contribution is 0.123. The van der Waals surface area contributed by atoms with Gasteiger partial charge in [0.15, 0.2) is 0 Å². The molecule has 5 heteroatoms. The fourth-order valence-electron chi connectivity index (χ4n) is 2.18. The summed E-state index contributed by atoms with van der Waals surface area (Å²) >= 11 is 1.67. The van der Waals surface area contributed by atoms with Crippen LogP contribution in [-0.4, -0.2) is 47.3 Å². The van der Waals surface area contributed by atoms with Gasteiger partial charge in [0.25, 0.3) is 0 Å². The summed E-state index contributed by atoms with van der Waals surface area (Å²) in [5, 5.41) is 16.3. The van der Waals surface area contributed by atoms with Crippen molar-refractivity contribution in [3.8, 4) is 0 Å². The molecule has 0 bridgehead atoms. The van der Waals surface area contributed by atoms with Gasteiger partial charge < -0.3 is 15.3 Å². The Kier molecular flexibility index (Phi) is 4.91. The van der Waals surface area contributed by atoms with Gasteiger partial charge in [-0.25, -0.2) is 4.98 Å². The van der Waals surface area contributed by atoms with E-state index in [1.165, 1.54) is 12.8 Å². The summed E-state index contributed by atoms with van der Waals surface area (Å²) in [5.74, 6) is 0. The van der Waals surface area contributed by atoms with E-state index in [1.54, 1.807) is 11.3 Å². The van der Waals surface area contributed by atoms with Gasteiger partial charge in [-0.3, -0.25) is 0 Å². The molecule has 0 aromatic carbocycles. The summed E-state index contributed by atoms with van der Waals surface area (Å²) in [6.45, 7) is 6.48. The van der Waals surface area contributed by atoms with Crippen LogP contribution in [0.5, 0.6) is 0 Å². The first-order valence-electron chi connectivity index (χ1n) is 6.26. The number of hydrogen-bond donors (Lipinski definition) is 2. The van der Waals surface area contributed by atoms with Crippen LogP contribution in [0, 0.1) is 6.92 Å². The van der Waals surface area contributed by atoms with Crippen LogP contribution in [-0.2, 0) is 6.54 Å². The normalized spacial score (nSPS) is 18.7. The molecule has 1 aromatic heterocycles. The zero-order valence-electron chi connectivity index (χ0n) is 10.4. The van der Waals surface area contributed by atoms with E-state index >= 15 is 0 Å². The van der Waals surface area contributed by atoms with Crippen molar-refractivity contribution in [3.05, 3.63) is 16.1 Å². The molecule has 1 aliphatic heterocycles. The number of nitrogens with zero attached hydrogens (tertiary/aromatic N) is 2. The Labute approximate surface area is 107 Å². The minimum atomic E-state index is -0.271. The number of likely N-dealkylation sites (tertiary alicyclic amines) is 1. The average Bonchev–Trinajstić information content (AvgIpc) is 2.90. The predicted molar refractivity (Wildman–Crippen MR) is 70.2 cm³/mol. The second kappa shape index (κ2) is 6.44. The van der Waals surface area contributed by atoms with Crippen LogP contribution in [0.25, 0.3) is 0 Å². The van der Waals surface area contributed by atoms with E-state index in [4.69, 9.17) is 0 Å². The highest BCUT2D eigenvalue weighted by Crippen LogP contribution is 2.08. The van der Waals surface area contributed by atoms with Gasteiger partial charge in [-0.15, -0.1) is 11.3 Å². The predicted octanol–water partition coefficient (Wildman–Crippen LogP) is 0.998. The number of nitrogens with one attached hydrogen (secondary N) is 1. The standard InChI is InChI=1S/C12H21N3OS/c1-10-14-11(9-17-10)6-13-7-12(16)8-15-4-2-3-5-15/h9,12-13,16H,2-8H2,1H3. The fourth-order valence-corrected chi connectivity index (χ4v) is 2.80. The van der Waals surface area contributed by atoms with Crippen LogP contribution in [0.2, 0.25) is 0 Å². The zero-order valence-corrected chi connectivity index (χ0v) is 11.2. The minimum absolute atomic E-state index is 0.271. The van der Waals surface area contributed by atoms with E-state index in [0.717, 1.165) is 36.9 Å². The largest absolute Gasteiger partial charge is 0.390 e. The summed E-state index contributed by atoms with van der Waals surface area (Å²) < 4.78 is 0. The first-order valence-corrected chi connectivity index (χ1v) is 7.14. The van der Waals surface area contributed by atoms with Gasteiger partial charge >= 0.3 is 0 Å². The summed E-state index contributed by atoms with van der Waals surface area (Å²) in [6.07, 6.45) is 2.28. The van der Waals surface area contributed by atoms with Crippen molar-refractivity contribution >= 4 is 11.3 Å². The maximum absolute atomic E-state index is 9.87. The molecule has 0 amide bonds. The molecule has 1 aliphatic rings. The molecule has 1 atom stereocenters. The number of aromatic nitrogens is 1. The van der Waals surface area contributed by atoms with Crippen LogP contribution in [0.1, 0.15) is 23.5 Å². The van der Waals surface area contributed by atoms with Crippen LogP contribution in [0.15, 0.2) is 5.38 Å². The molecule has 4 nitrogen and oxygen atoms in total. The summed E-state index contributed by atoms with van der Waals surface area (Å²) in [4.78, 5) is 6.71. The Hall–Kier alpha value is -0.490. The van der Waals surface area contributed by atoms with Crippen molar-refractivity contribution in [2.45, 2.75) is 32.4 Å². The molecular formula is C12H21N3OS. The molecule has 17 heavy (non-hydrogen) atoms. The third kappa shape index (κ3) is 4.35. The molecule has 0 saturated carbocycles. The number of aliphatic hydroxyl groups is 1. The van der Waals surface area contributed by atoms with E-state index in [1.807, 2.05) is 6.92 Å². The lowest BCUT2D eigenvalue weighted by Gasteiger charge is -2.19. The number of aryl methyl sites for hydroxylation is 1. The fraction of sp³-hybridized carbons (Fsp3) is 0.750. The van der Waals surface area contributed by atoms with Crippen molar-refractivity contribution in [1.29, 1.82) is 0 Å². The molecule has 0 spiro atoms. The topological polar surface area (TPSA) is 48.4 Å². The van der Waals surface area contributed by atoms with Crippen molar-refractivity contribution < 1.29 is 5.11 Å². The van der Waals surface area contributed by atoms with Crippen LogP contribution >= 0.6 is 11.3 Å². The van der Waals surface area contributed by atoms with Gasteiger partial charge in [0, 0.05) is 25.0 Å². The number of hydrogen-bond acceptors (Lipinski definition) is 5. The highest BCUT2D eigenvalue weighted by Gasteiger charge is 2.15. The van der Waals surface area contributed by atoms with Gasteiger partial charge in [-0.05, 0) is 32.9 Å². The van der Waals surface area contributed by atoms with Gasteiger partial charge in [0.1, 0.15) is 0 Å². The van der Waals surface area contributed by atoms with Gasteiger partial charge in [-0.1, -0.05) is 0 Å². The molecule has 1 fully saturated rings. The van der Waals surface area contributed by atoms with Crippen molar-refractivity contribution in [1.82, 2.24) is 15.2 Å². The van der Waals surface area contributed by atoms with Crippen molar-refractivity contribution in [2.24, 2.45) is 0 Å². The number of β-amino-alcohol motifs (C(OH)–C–C–N with tert-alkyl or cyclic N) is 1. The lowest BCUT2D eigenvalue weighted by Crippen LogP contribution is -2.36. The summed E-state index contributed by atoms with van der Waals surface area (Å²) in [5.41, 5.74) is 1.07. The van der Waals surface area contributed by atoms with E-state index in [9.17, 15) is 5.11 Å². The molecule has 96 valence electrons. The quantitative estimate of drug-likeness (QED) is 0.796. The Morgan fingerprint density at radius 2 is 2.29 bits per heavy atom. The molecule has 2 heterocycles. The molecule has 1 aromatic rings. The lowest BCUT2D eigenvalue weighted by atomic mass is 10.3. The zero-order chi connectivity index (χ0) is 12.1. The Balaban J connectivity index is 1.60. The average molecular weight is 255 g/mol. The number of thiazole rings is 1. The Morgan fingerprint density at radius 1 is 1.53 bits per heavy atom. The third-order valence-electron chi connectivity index (χ3n) is 3.02. The SMILES string of the molecule is Cc1nc(CNCC(O)CN2CCCC2)cs1. The third-order valence-corrected chi connectivity index (χ3v) is 3.84. The summed E-state index contributed by atoms with van der Waals surface area (Å²) in [7, 11) is 0. The number of rotatable bonds is 6. The maximum Gasteiger partial charge on any atom is 0.0897 e. The van der Waals surface area contributed by atoms with E-state index in [2.05, 4.69) is 20.6 Å². The first kappa shape index (κ1) is 13.0. The highest BCUT2D eigenvalue weighted by molar-refractivity contribution is 7.09. The van der Waals surface area contributed by atoms with Crippen molar-refractivity contribution in [2.75, 3.05) is 26.2 Å². The highest BCUT2D eigenvalue weighted by atomic mass is 32.1. The van der Waals surface area contributed by atoms with Crippen molar-refractivity contribution in [3.63, 3.8) is 0 Å². The first-order chi connectivity index (χ1) is 8.24. The molecule has 0 radical (unpaired) electrons. The van der Waals surface area contributed by atoms with E-state index in [0.29, 0.717) is 6.54 Å². The van der Waals surface area contributed by atoms with Gasteiger partial charge in [0.05, 0.1) is 16.8 Å². The molecule has 2 rings (SSSR count). The Bertz CT molecular complexity index is 336. The monoisotopic (exact) mass is 255 g/mol. The second-order valence-electron chi connectivity index (χ2n) is 4.65. The minimum Gasteiger partial charge on any atom is -0.390 e. The van der Waals surface area contributed by atoms with Crippen LogP contribution in [0.3, 0.4) is 0 Å². The smallest absolute Gasteiger partial charge is 0.0897 e.